The minimum atomic E-state index is -3.21. The van der Waals surface area contributed by atoms with Crippen LogP contribution in [-0.2, 0) is 14.6 Å². The van der Waals surface area contributed by atoms with Crippen molar-refractivity contribution in [2.24, 2.45) is 5.92 Å². The van der Waals surface area contributed by atoms with Crippen LogP contribution in [0.1, 0.15) is 37.3 Å². The highest BCUT2D eigenvalue weighted by Crippen LogP contribution is 2.35. The normalized spacial score (nSPS) is 30.8. The second kappa shape index (κ2) is 5.42. The number of carboxylic acids is 1. The molecule has 21 heavy (non-hydrogen) atoms. The third-order valence-electron chi connectivity index (χ3n) is 4.48. The van der Waals surface area contributed by atoms with Crippen molar-refractivity contribution < 1.29 is 18.3 Å². The molecule has 1 saturated carbocycles. The number of hydrogen-bond donors (Lipinski definition) is 2. The largest absolute Gasteiger partial charge is 0.481 e. The highest BCUT2D eigenvalue weighted by molar-refractivity contribution is 7.91. The van der Waals surface area contributed by atoms with E-state index in [1.807, 2.05) is 12.1 Å². The van der Waals surface area contributed by atoms with Crippen molar-refractivity contribution >= 4 is 15.8 Å². The number of hydrogen-bond acceptors (Lipinski definition) is 4. The lowest BCUT2D eigenvalue weighted by molar-refractivity contribution is -0.143. The maximum atomic E-state index is 12.1. The highest BCUT2D eigenvalue weighted by Gasteiger charge is 2.36. The van der Waals surface area contributed by atoms with E-state index in [0.717, 1.165) is 18.4 Å². The molecule has 0 spiro atoms. The van der Waals surface area contributed by atoms with Gasteiger partial charge in [0, 0.05) is 12.1 Å². The smallest absolute Gasteiger partial charge is 0.306 e. The molecular weight excluding hydrogens is 290 g/mol. The maximum Gasteiger partial charge on any atom is 0.306 e. The van der Waals surface area contributed by atoms with Gasteiger partial charge in [0.2, 0.25) is 0 Å². The molecule has 5 nitrogen and oxygen atoms in total. The van der Waals surface area contributed by atoms with Crippen LogP contribution in [0.3, 0.4) is 0 Å². The van der Waals surface area contributed by atoms with Gasteiger partial charge in [0.1, 0.15) is 0 Å². The number of benzene rings is 1. The van der Waals surface area contributed by atoms with Gasteiger partial charge < -0.3 is 10.4 Å². The van der Waals surface area contributed by atoms with Crippen molar-refractivity contribution in [3.63, 3.8) is 0 Å². The van der Waals surface area contributed by atoms with Gasteiger partial charge >= 0.3 is 5.97 Å². The first-order chi connectivity index (χ1) is 9.97. The van der Waals surface area contributed by atoms with E-state index in [2.05, 4.69) is 5.32 Å². The Hall–Kier alpha value is -1.40. The zero-order chi connectivity index (χ0) is 15.0. The molecule has 1 aliphatic heterocycles. The van der Waals surface area contributed by atoms with Gasteiger partial charge in [-0.2, -0.15) is 0 Å². The molecule has 1 heterocycles. The SMILES string of the molecule is O=C(O)C1CCCC(NC2CS(=O)(=O)c3ccccc32)C1. The fourth-order valence-corrected chi connectivity index (χ4v) is 5.19. The molecule has 1 aromatic carbocycles. The number of carboxylic acid groups (broad SMARTS) is 1. The average molecular weight is 309 g/mol. The fraction of sp³-hybridized carbons (Fsp3) is 0.533. The van der Waals surface area contributed by atoms with Crippen LogP contribution in [-0.4, -0.2) is 31.3 Å². The minimum Gasteiger partial charge on any atom is -0.481 e. The lowest BCUT2D eigenvalue weighted by Crippen LogP contribution is -2.39. The third-order valence-corrected chi connectivity index (χ3v) is 6.29. The summed E-state index contributed by atoms with van der Waals surface area (Å²) in [5.74, 6) is -0.994. The van der Waals surface area contributed by atoms with Crippen molar-refractivity contribution in [2.75, 3.05) is 5.75 Å². The van der Waals surface area contributed by atoms with Crippen molar-refractivity contribution in [3.8, 4) is 0 Å². The Morgan fingerprint density at radius 3 is 2.76 bits per heavy atom. The Bertz CT molecular complexity index is 655. The maximum absolute atomic E-state index is 12.1. The first kappa shape index (κ1) is 14.5. The summed E-state index contributed by atoms with van der Waals surface area (Å²) in [6.07, 6.45) is 3.07. The molecule has 0 radical (unpaired) electrons. The molecule has 3 atom stereocenters. The molecule has 0 aromatic heterocycles. The van der Waals surface area contributed by atoms with Gasteiger partial charge in [0.25, 0.3) is 0 Å². The Morgan fingerprint density at radius 2 is 2.00 bits per heavy atom. The number of rotatable bonds is 3. The van der Waals surface area contributed by atoms with Crippen LogP contribution in [0, 0.1) is 5.92 Å². The lowest BCUT2D eigenvalue weighted by atomic mass is 9.85. The molecule has 1 aromatic rings. The van der Waals surface area contributed by atoms with Crippen molar-refractivity contribution in [1.82, 2.24) is 5.32 Å². The summed E-state index contributed by atoms with van der Waals surface area (Å²) in [6, 6.07) is 6.92. The molecule has 6 heteroatoms. The van der Waals surface area contributed by atoms with E-state index >= 15 is 0 Å². The summed E-state index contributed by atoms with van der Waals surface area (Å²) >= 11 is 0. The van der Waals surface area contributed by atoms with Crippen molar-refractivity contribution in [3.05, 3.63) is 29.8 Å². The van der Waals surface area contributed by atoms with Crippen LogP contribution >= 0.6 is 0 Å². The summed E-state index contributed by atoms with van der Waals surface area (Å²) < 4.78 is 24.3. The zero-order valence-corrected chi connectivity index (χ0v) is 12.5. The summed E-state index contributed by atoms with van der Waals surface area (Å²) in [4.78, 5) is 11.5. The predicted molar refractivity (Wildman–Crippen MR) is 77.8 cm³/mol. The van der Waals surface area contributed by atoms with Crippen LogP contribution < -0.4 is 5.32 Å². The molecule has 2 N–H and O–H groups in total. The van der Waals surface area contributed by atoms with E-state index in [1.54, 1.807) is 12.1 Å². The summed E-state index contributed by atoms with van der Waals surface area (Å²) in [5.41, 5.74) is 0.815. The van der Waals surface area contributed by atoms with E-state index in [-0.39, 0.29) is 23.8 Å². The van der Waals surface area contributed by atoms with E-state index in [4.69, 9.17) is 5.11 Å². The first-order valence-corrected chi connectivity index (χ1v) is 8.93. The van der Waals surface area contributed by atoms with E-state index in [9.17, 15) is 13.2 Å². The molecule has 0 bridgehead atoms. The number of fused-ring (bicyclic) bond motifs is 1. The third kappa shape index (κ3) is 2.82. The van der Waals surface area contributed by atoms with Gasteiger partial charge in [0.05, 0.1) is 16.6 Å². The monoisotopic (exact) mass is 309 g/mol. The van der Waals surface area contributed by atoms with Gasteiger partial charge in [0.15, 0.2) is 9.84 Å². The number of carbonyl (C=O) groups is 1. The average Bonchev–Trinajstić information content (AvgIpc) is 2.71. The molecule has 114 valence electrons. The quantitative estimate of drug-likeness (QED) is 0.888. The van der Waals surface area contributed by atoms with E-state index in [0.29, 0.717) is 17.7 Å². The molecule has 1 aliphatic carbocycles. The van der Waals surface area contributed by atoms with Crippen LogP contribution in [0.5, 0.6) is 0 Å². The van der Waals surface area contributed by atoms with Gasteiger partial charge in [-0.15, -0.1) is 0 Å². The van der Waals surface area contributed by atoms with Crippen LogP contribution in [0.25, 0.3) is 0 Å². The van der Waals surface area contributed by atoms with Gasteiger partial charge in [-0.3, -0.25) is 4.79 Å². The Kier molecular flexibility index (Phi) is 3.75. The fourth-order valence-electron chi connectivity index (χ4n) is 3.44. The topological polar surface area (TPSA) is 83.5 Å². The minimum absolute atomic E-state index is 0.0700. The molecular formula is C15H19NO4S. The lowest BCUT2D eigenvalue weighted by Gasteiger charge is -2.29. The van der Waals surface area contributed by atoms with Crippen LogP contribution in [0.2, 0.25) is 0 Å². The zero-order valence-electron chi connectivity index (χ0n) is 11.7. The Labute approximate surface area is 124 Å². The van der Waals surface area contributed by atoms with E-state index < -0.39 is 15.8 Å². The number of sulfone groups is 1. The molecule has 1 fully saturated rings. The molecule has 0 saturated heterocycles. The van der Waals surface area contributed by atoms with Gasteiger partial charge in [-0.05, 0) is 30.9 Å². The summed E-state index contributed by atoms with van der Waals surface area (Å²) in [6.45, 7) is 0. The summed E-state index contributed by atoms with van der Waals surface area (Å²) in [7, 11) is -3.21. The second-order valence-electron chi connectivity index (χ2n) is 5.94. The van der Waals surface area contributed by atoms with E-state index in [1.165, 1.54) is 0 Å². The van der Waals surface area contributed by atoms with Crippen molar-refractivity contribution in [1.29, 1.82) is 0 Å². The van der Waals surface area contributed by atoms with Gasteiger partial charge in [-0.1, -0.05) is 24.6 Å². The van der Waals surface area contributed by atoms with Crippen LogP contribution in [0.4, 0.5) is 0 Å². The molecule has 0 amide bonds. The number of aliphatic carboxylic acids is 1. The second-order valence-corrected chi connectivity index (χ2v) is 7.94. The summed E-state index contributed by atoms with van der Waals surface area (Å²) in [5, 5.41) is 12.5. The predicted octanol–water partition coefficient (Wildman–Crippen LogP) is 1.75. The molecule has 3 unspecified atom stereocenters. The van der Waals surface area contributed by atoms with Gasteiger partial charge in [-0.25, -0.2) is 8.42 Å². The van der Waals surface area contributed by atoms with Crippen molar-refractivity contribution in [2.45, 2.75) is 42.7 Å². The number of nitrogens with one attached hydrogen (secondary N) is 1. The first-order valence-electron chi connectivity index (χ1n) is 7.28. The standard InChI is InChI=1S/C15H19NO4S/c17-15(18)10-4-3-5-11(8-10)16-13-9-21(19,20)14-7-2-1-6-12(13)14/h1-2,6-7,10-11,13,16H,3-5,8-9H2,(H,17,18). The molecule has 2 aliphatic rings. The molecule has 3 rings (SSSR count). The Balaban J connectivity index is 1.76. The highest BCUT2D eigenvalue weighted by atomic mass is 32.2. The Morgan fingerprint density at radius 1 is 1.24 bits per heavy atom. The van der Waals surface area contributed by atoms with Crippen LogP contribution in [0.15, 0.2) is 29.2 Å².